The van der Waals surface area contributed by atoms with Gasteiger partial charge in [-0.2, -0.15) is 0 Å². The van der Waals surface area contributed by atoms with Crippen molar-refractivity contribution in [3.63, 3.8) is 0 Å². The topological polar surface area (TPSA) is 24.4 Å². The molecule has 0 saturated carbocycles. The van der Waals surface area contributed by atoms with E-state index < -0.39 is 0 Å². The van der Waals surface area contributed by atoms with Crippen LogP contribution < -0.4 is 5.32 Å². The molecule has 0 radical (unpaired) electrons. The second-order valence-electron chi connectivity index (χ2n) is 1.67. The Kier molecular flexibility index (Phi) is 4.88. The molecule has 0 aromatic rings. The predicted molar refractivity (Wildman–Crippen MR) is 41.6 cm³/mol. The second-order valence-corrected chi connectivity index (χ2v) is 1.67. The van der Waals surface area contributed by atoms with E-state index in [9.17, 15) is 0 Å². The summed E-state index contributed by atoms with van der Waals surface area (Å²) in [5.41, 5.74) is 1.08. The molecule has 0 aliphatic rings. The molecular formula is C7H14N2. The van der Waals surface area contributed by atoms with Crippen molar-refractivity contribution in [2.24, 2.45) is 4.99 Å². The third kappa shape index (κ3) is 3.76. The van der Waals surface area contributed by atoms with Gasteiger partial charge in [0, 0.05) is 19.5 Å². The molecule has 0 amide bonds. The first-order valence-corrected chi connectivity index (χ1v) is 3.20. The van der Waals surface area contributed by atoms with Crippen LogP contribution in [0.25, 0.3) is 0 Å². The molecular weight excluding hydrogens is 112 g/mol. The van der Waals surface area contributed by atoms with Gasteiger partial charge in [-0.1, -0.05) is 6.92 Å². The summed E-state index contributed by atoms with van der Waals surface area (Å²) in [4.78, 5) is 4.11. The van der Waals surface area contributed by atoms with Gasteiger partial charge in [-0.05, 0) is 13.3 Å². The number of nitrogens with zero attached hydrogens (tertiary/aromatic N) is 1. The highest BCUT2D eigenvalue weighted by atomic mass is 14.8. The predicted octanol–water partition coefficient (Wildman–Crippen LogP) is 1.55. The van der Waals surface area contributed by atoms with E-state index in [-0.39, 0.29) is 0 Å². The minimum Gasteiger partial charge on any atom is -0.393 e. The third-order valence-electron chi connectivity index (χ3n) is 0.968. The summed E-state index contributed by atoms with van der Waals surface area (Å²) in [6.07, 6.45) is 4.68. The van der Waals surface area contributed by atoms with Crippen LogP contribution >= 0.6 is 0 Å². The van der Waals surface area contributed by atoms with Crippen molar-refractivity contribution in [3.05, 3.63) is 11.9 Å². The van der Waals surface area contributed by atoms with Gasteiger partial charge in [-0.15, -0.1) is 0 Å². The number of nitrogens with one attached hydrogen (secondary N) is 1. The van der Waals surface area contributed by atoms with Crippen molar-refractivity contribution in [2.45, 2.75) is 20.3 Å². The summed E-state index contributed by atoms with van der Waals surface area (Å²) in [5.74, 6) is 0. The van der Waals surface area contributed by atoms with Crippen LogP contribution in [0.5, 0.6) is 0 Å². The zero-order valence-electron chi connectivity index (χ0n) is 6.31. The Labute approximate surface area is 56.7 Å². The fourth-order valence-corrected chi connectivity index (χ4v) is 0.563. The summed E-state index contributed by atoms with van der Waals surface area (Å²) >= 11 is 0. The van der Waals surface area contributed by atoms with Crippen LogP contribution in [-0.4, -0.2) is 13.3 Å². The van der Waals surface area contributed by atoms with E-state index in [1.54, 1.807) is 6.21 Å². The van der Waals surface area contributed by atoms with E-state index in [2.05, 4.69) is 17.2 Å². The Morgan fingerprint density at radius 3 is 2.67 bits per heavy atom. The Morgan fingerprint density at radius 2 is 2.33 bits per heavy atom. The van der Waals surface area contributed by atoms with Crippen LogP contribution in [0.3, 0.4) is 0 Å². The number of allylic oxidation sites excluding steroid dienone is 1. The number of hydrogen-bond acceptors (Lipinski definition) is 2. The summed E-state index contributed by atoms with van der Waals surface area (Å²) in [7, 11) is 1.88. The maximum absolute atomic E-state index is 4.11. The average Bonchev–Trinajstić information content (AvgIpc) is 1.88. The quantitative estimate of drug-likeness (QED) is 0.570. The SMILES string of the molecule is CC=N/C(=C\NC)CC. The summed E-state index contributed by atoms with van der Waals surface area (Å²) in [6, 6.07) is 0. The second kappa shape index (κ2) is 5.35. The van der Waals surface area contributed by atoms with Crippen molar-refractivity contribution in [3.8, 4) is 0 Å². The molecule has 0 spiro atoms. The van der Waals surface area contributed by atoms with E-state index in [1.165, 1.54) is 0 Å². The first kappa shape index (κ1) is 8.21. The zero-order valence-corrected chi connectivity index (χ0v) is 6.31. The Hall–Kier alpha value is -0.790. The van der Waals surface area contributed by atoms with Gasteiger partial charge in [0.05, 0.1) is 5.70 Å². The first-order chi connectivity index (χ1) is 4.35. The van der Waals surface area contributed by atoms with Gasteiger partial charge in [-0.3, -0.25) is 4.99 Å². The Morgan fingerprint density at radius 1 is 1.67 bits per heavy atom. The lowest BCUT2D eigenvalue weighted by atomic mass is 10.4. The molecule has 0 aromatic heterocycles. The van der Waals surface area contributed by atoms with Gasteiger partial charge in [0.2, 0.25) is 0 Å². The molecule has 0 heterocycles. The van der Waals surface area contributed by atoms with Crippen LogP contribution in [0.4, 0.5) is 0 Å². The molecule has 0 atom stereocenters. The van der Waals surface area contributed by atoms with Crippen LogP contribution in [0.2, 0.25) is 0 Å². The molecule has 2 heteroatoms. The Balaban J connectivity index is 3.81. The highest BCUT2D eigenvalue weighted by Crippen LogP contribution is 1.97. The van der Waals surface area contributed by atoms with Gasteiger partial charge in [0.15, 0.2) is 0 Å². The van der Waals surface area contributed by atoms with Gasteiger partial charge in [0.25, 0.3) is 0 Å². The normalized spacial score (nSPS) is 12.6. The standard InChI is InChI=1S/C7H14N2/c1-4-7(6-8-3)9-5-2/h5-6,8H,4H2,1-3H3/b7-6-,9-5?. The van der Waals surface area contributed by atoms with Crippen LogP contribution in [0.1, 0.15) is 20.3 Å². The fraction of sp³-hybridized carbons (Fsp3) is 0.571. The molecule has 0 aliphatic carbocycles. The molecule has 1 N–H and O–H groups in total. The molecule has 0 saturated heterocycles. The van der Waals surface area contributed by atoms with Gasteiger partial charge in [0.1, 0.15) is 0 Å². The first-order valence-electron chi connectivity index (χ1n) is 3.20. The molecule has 52 valence electrons. The van der Waals surface area contributed by atoms with Crippen LogP contribution in [-0.2, 0) is 0 Å². The summed E-state index contributed by atoms with van der Waals surface area (Å²) in [6.45, 7) is 4.00. The van der Waals surface area contributed by atoms with Gasteiger partial charge < -0.3 is 5.32 Å². The summed E-state index contributed by atoms with van der Waals surface area (Å²) in [5, 5.41) is 2.93. The van der Waals surface area contributed by atoms with Gasteiger partial charge >= 0.3 is 0 Å². The zero-order chi connectivity index (χ0) is 7.11. The highest BCUT2D eigenvalue weighted by molar-refractivity contribution is 5.55. The average molecular weight is 126 g/mol. The van der Waals surface area contributed by atoms with E-state index >= 15 is 0 Å². The van der Waals surface area contributed by atoms with Crippen molar-refractivity contribution in [1.29, 1.82) is 0 Å². The van der Waals surface area contributed by atoms with E-state index in [1.807, 2.05) is 20.2 Å². The van der Waals surface area contributed by atoms with E-state index in [4.69, 9.17) is 0 Å². The maximum atomic E-state index is 4.11. The Bertz CT molecular complexity index is 114. The van der Waals surface area contributed by atoms with Crippen LogP contribution in [0, 0.1) is 0 Å². The molecule has 0 bridgehead atoms. The van der Waals surface area contributed by atoms with Crippen LogP contribution in [0.15, 0.2) is 16.9 Å². The molecule has 0 aromatic carbocycles. The number of aliphatic imine (C=N–C) groups is 1. The van der Waals surface area contributed by atoms with E-state index in [0.29, 0.717) is 0 Å². The molecule has 0 unspecified atom stereocenters. The molecule has 0 rings (SSSR count). The van der Waals surface area contributed by atoms with Crippen molar-refractivity contribution in [2.75, 3.05) is 7.05 Å². The lowest BCUT2D eigenvalue weighted by Gasteiger charge is -1.93. The minimum absolute atomic E-state index is 0.977. The summed E-state index contributed by atoms with van der Waals surface area (Å²) < 4.78 is 0. The van der Waals surface area contributed by atoms with Crippen molar-refractivity contribution < 1.29 is 0 Å². The molecule has 0 fully saturated rings. The largest absolute Gasteiger partial charge is 0.393 e. The lowest BCUT2D eigenvalue weighted by Crippen LogP contribution is -1.94. The van der Waals surface area contributed by atoms with Crippen molar-refractivity contribution in [1.82, 2.24) is 5.32 Å². The van der Waals surface area contributed by atoms with Gasteiger partial charge in [-0.25, -0.2) is 0 Å². The minimum atomic E-state index is 0.977. The van der Waals surface area contributed by atoms with Crippen molar-refractivity contribution >= 4 is 6.21 Å². The maximum Gasteiger partial charge on any atom is 0.0552 e. The smallest absolute Gasteiger partial charge is 0.0552 e. The fourth-order valence-electron chi connectivity index (χ4n) is 0.563. The number of hydrogen-bond donors (Lipinski definition) is 1. The highest BCUT2D eigenvalue weighted by Gasteiger charge is 1.83. The lowest BCUT2D eigenvalue weighted by molar-refractivity contribution is 0.994. The molecule has 2 nitrogen and oxygen atoms in total. The monoisotopic (exact) mass is 126 g/mol. The third-order valence-corrected chi connectivity index (χ3v) is 0.968. The van der Waals surface area contributed by atoms with E-state index in [0.717, 1.165) is 12.1 Å². The molecule has 9 heavy (non-hydrogen) atoms. The molecule has 0 aliphatic heterocycles. The number of rotatable bonds is 3.